The van der Waals surface area contributed by atoms with Gasteiger partial charge in [0.1, 0.15) is 10.5 Å². The topological polar surface area (TPSA) is 242 Å². The Morgan fingerprint density at radius 2 is 1.75 bits per heavy atom. The predicted molar refractivity (Wildman–Crippen MR) is 172 cm³/mol. The van der Waals surface area contributed by atoms with E-state index in [1.54, 1.807) is 19.2 Å². The molecule has 1 aliphatic rings. The number of allylic oxidation sites excluding steroid dienone is 3. The number of rotatable bonds is 16. The van der Waals surface area contributed by atoms with E-state index in [4.69, 9.17) is 16.0 Å². The Labute approximate surface area is 265 Å². The van der Waals surface area contributed by atoms with E-state index in [1.165, 1.54) is 53.4 Å². The van der Waals surface area contributed by atoms with Crippen LogP contribution in [0.4, 0.5) is 5.13 Å². The van der Waals surface area contributed by atoms with Crippen molar-refractivity contribution in [1.29, 1.82) is 0 Å². The average Bonchev–Trinajstić information content (AvgIpc) is 3.37. The number of carbonyl (C=O) groups is 2. The highest BCUT2D eigenvalue weighted by Gasteiger charge is 2.24. The Morgan fingerprint density at radius 1 is 1.05 bits per heavy atom. The molecule has 0 fully saturated rings. The summed E-state index contributed by atoms with van der Waals surface area (Å²) in [4.78, 5) is 25.0. The highest BCUT2D eigenvalue weighted by Crippen LogP contribution is 2.27. The van der Waals surface area contributed by atoms with Crippen LogP contribution < -0.4 is 32.0 Å². The van der Waals surface area contributed by atoms with Crippen molar-refractivity contribution in [1.82, 2.24) is 20.8 Å². The quantitative estimate of drug-likeness (QED) is 0.108. The molecule has 0 aliphatic heterocycles. The second-order valence-electron chi connectivity index (χ2n) is 10.3. The fourth-order valence-electron chi connectivity index (χ4n) is 4.28. The molecule has 0 radical (unpaired) electrons. The minimum Gasteiger partial charge on any atom is -0.332 e. The molecule has 18 heteroatoms. The van der Waals surface area contributed by atoms with Crippen LogP contribution in [0, 0.1) is 11.8 Å². The Kier molecular flexibility index (Phi) is 13.0. The van der Waals surface area contributed by atoms with Crippen LogP contribution in [0.25, 0.3) is 0 Å². The number of carbonyl (C=O) groups excluding carboxylic acids is 2. The molecule has 242 valence electrons. The second-order valence-corrected chi connectivity index (χ2v) is 15.8. The fraction of sp³-hybridized carbons (Fsp3) is 0.462. The van der Waals surface area contributed by atoms with Crippen molar-refractivity contribution < 1.29 is 26.4 Å². The number of amides is 2. The van der Waals surface area contributed by atoms with Crippen molar-refractivity contribution in [2.75, 3.05) is 12.4 Å². The third-order valence-electron chi connectivity index (χ3n) is 6.68. The van der Waals surface area contributed by atoms with Gasteiger partial charge >= 0.3 is 0 Å². The number of sulfonamides is 2. The van der Waals surface area contributed by atoms with Crippen molar-refractivity contribution >= 4 is 60.1 Å². The Hall–Kier alpha value is -2.71. The lowest BCUT2D eigenvalue weighted by atomic mass is 9.87. The van der Waals surface area contributed by atoms with E-state index >= 15 is 0 Å². The van der Waals surface area contributed by atoms with E-state index in [9.17, 15) is 26.4 Å². The Bertz CT molecular complexity index is 1580. The van der Waals surface area contributed by atoms with E-state index in [1.807, 2.05) is 6.92 Å². The number of benzene rings is 1. The maximum absolute atomic E-state index is 12.6. The summed E-state index contributed by atoms with van der Waals surface area (Å²) in [7, 11) is -5.85. The van der Waals surface area contributed by atoms with Crippen LogP contribution in [0.1, 0.15) is 43.2 Å². The molecule has 2 aromatic rings. The molecule has 4 atom stereocenters. The molecule has 9 N–H and O–H groups in total. The number of anilines is 1. The van der Waals surface area contributed by atoms with Gasteiger partial charge in [-0.1, -0.05) is 49.0 Å². The van der Waals surface area contributed by atoms with Gasteiger partial charge in [-0.05, 0) is 55.5 Å². The lowest BCUT2D eigenvalue weighted by molar-refractivity contribution is -0.122. The third kappa shape index (κ3) is 11.7. The van der Waals surface area contributed by atoms with Gasteiger partial charge in [0, 0.05) is 12.8 Å². The number of thioether (sulfide) groups is 1. The van der Waals surface area contributed by atoms with Crippen molar-refractivity contribution in [2.24, 2.45) is 27.8 Å². The maximum atomic E-state index is 12.6. The summed E-state index contributed by atoms with van der Waals surface area (Å²) in [6, 6.07) is 5.77. The van der Waals surface area contributed by atoms with Crippen LogP contribution in [-0.2, 0) is 42.5 Å². The van der Waals surface area contributed by atoms with Gasteiger partial charge in [0.15, 0.2) is 0 Å². The van der Waals surface area contributed by atoms with E-state index in [0.29, 0.717) is 23.5 Å². The largest absolute Gasteiger partial charge is 0.332 e. The fourth-order valence-corrected chi connectivity index (χ4v) is 7.26. The minimum absolute atomic E-state index is 0.0230. The third-order valence-corrected chi connectivity index (χ3v) is 10.7. The number of hydrogen-bond acceptors (Lipinski definition) is 12. The molecule has 1 aliphatic carbocycles. The SMILES string of the molecule is CNC(NC(=O)CC1C=CC(S(N)(=O)=O)=CC1C)SC(N)CCCCc1nnc(NC(=O)Cc2ccc(S(N)(=O)=O)cc2)s1. The summed E-state index contributed by atoms with van der Waals surface area (Å²) in [6.07, 6.45) is 7.94. The van der Waals surface area contributed by atoms with Gasteiger partial charge in [-0.3, -0.25) is 14.9 Å². The van der Waals surface area contributed by atoms with Gasteiger partial charge in [-0.2, -0.15) is 0 Å². The number of primary sulfonamides is 2. The first-order valence-electron chi connectivity index (χ1n) is 13.7. The highest BCUT2D eigenvalue weighted by molar-refractivity contribution is 8.00. The maximum Gasteiger partial charge on any atom is 0.238 e. The number of nitrogens with two attached hydrogens (primary N) is 3. The molecule has 0 saturated heterocycles. The summed E-state index contributed by atoms with van der Waals surface area (Å²) in [5.74, 6) is -0.796. The Morgan fingerprint density at radius 3 is 2.36 bits per heavy atom. The predicted octanol–water partition coefficient (Wildman–Crippen LogP) is 1.10. The lowest BCUT2D eigenvalue weighted by Crippen LogP contribution is -2.44. The van der Waals surface area contributed by atoms with E-state index in [0.717, 1.165) is 17.8 Å². The summed E-state index contributed by atoms with van der Waals surface area (Å²) in [5, 5.41) is 28.0. The second kappa shape index (κ2) is 16.0. The van der Waals surface area contributed by atoms with Crippen LogP contribution in [0.2, 0.25) is 0 Å². The lowest BCUT2D eigenvalue weighted by Gasteiger charge is -2.25. The van der Waals surface area contributed by atoms with Crippen molar-refractivity contribution in [3.8, 4) is 0 Å². The number of aromatic nitrogens is 2. The van der Waals surface area contributed by atoms with Crippen LogP contribution in [0.5, 0.6) is 0 Å². The summed E-state index contributed by atoms with van der Waals surface area (Å²) in [6.45, 7) is 1.84. The number of hydrogen-bond donors (Lipinski definition) is 6. The number of nitrogens with zero attached hydrogens (tertiary/aromatic N) is 2. The highest BCUT2D eigenvalue weighted by atomic mass is 32.2. The van der Waals surface area contributed by atoms with Crippen molar-refractivity contribution in [2.45, 2.75) is 61.2 Å². The molecule has 1 aromatic heterocycles. The summed E-state index contributed by atoms with van der Waals surface area (Å²) < 4.78 is 45.8. The van der Waals surface area contributed by atoms with E-state index in [-0.39, 0.29) is 51.7 Å². The standard InChI is InChI=1S/C26H38N8O6S4/c1-16-13-20(44(29,39)40)12-9-18(16)15-23(36)31-25(30-2)41-21(27)5-3-4-6-24-33-34-26(42-24)32-22(35)14-17-7-10-19(11-8-17)43(28,37)38/h7-13,16,18,21,25,30H,3-6,14-15,27H2,1-2H3,(H,31,36)(H2,28,37,38)(H2,29,39,40)(H,32,34,35). The molecular formula is C26H38N8O6S4. The summed E-state index contributed by atoms with van der Waals surface area (Å²) in [5.41, 5.74) is 6.53. The van der Waals surface area contributed by atoms with Crippen molar-refractivity contribution in [3.63, 3.8) is 0 Å². The molecule has 1 aromatic carbocycles. The molecule has 44 heavy (non-hydrogen) atoms. The van der Waals surface area contributed by atoms with Gasteiger partial charge in [-0.25, -0.2) is 27.1 Å². The van der Waals surface area contributed by atoms with Crippen LogP contribution >= 0.6 is 23.1 Å². The van der Waals surface area contributed by atoms with E-state index < -0.39 is 25.5 Å². The van der Waals surface area contributed by atoms with Crippen LogP contribution in [0.15, 0.2) is 52.3 Å². The average molecular weight is 687 g/mol. The smallest absolute Gasteiger partial charge is 0.238 e. The first kappa shape index (κ1) is 35.8. The molecule has 1 heterocycles. The molecule has 2 amide bonds. The monoisotopic (exact) mass is 686 g/mol. The van der Waals surface area contributed by atoms with Gasteiger partial charge < -0.3 is 16.4 Å². The van der Waals surface area contributed by atoms with Crippen LogP contribution in [-0.4, -0.2) is 56.8 Å². The Balaban J connectivity index is 1.34. The zero-order valence-corrected chi connectivity index (χ0v) is 27.6. The summed E-state index contributed by atoms with van der Waals surface area (Å²) >= 11 is 2.68. The molecule has 0 spiro atoms. The molecule has 0 saturated carbocycles. The first-order chi connectivity index (χ1) is 20.6. The van der Waals surface area contributed by atoms with Gasteiger partial charge in [-0.15, -0.1) is 22.0 Å². The minimum atomic E-state index is -3.79. The zero-order chi connectivity index (χ0) is 32.5. The first-order valence-corrected chi connectivity index (χ1v) is 18.5. The number of nitrogens with one attached hydrogen (secondary N) is 3. The van der Waals surface area contributed by atoms with Gasteiger partial charge in [0.25, 0.3) is 0 Å². The van der Waals surface area contributed by atoms with Crippen molar-refractivity contribution in [3.05, 3.63) is 58.0 Å². The van der Waals surface area contributed by atoms with Gasteiger partial charge in [0.2, 0.25) is 37.0 Å². The van der Waals surface area contributed by atoms with E-state index in [2.05, 4.69) is 26.1 Å². The number of unbranched alkanes of at least 4 members (excludes halogenated alkanes) is 1. The molecular weight excluding hydrogens is 649 g/mol. The molecule has 4 unspecified atom stereocenters. The molecule has 14 nitrogen and oxygen atoms in total. The van der Waals surface area contributed by atoms with Gasteiger partial charge in [0.05, 0.1) is 21.6 Å². The molecule has 0 bridgehead atoms. The number of aryl methyl sites for hydroxylation is 1. The normalized spacial score (nSPS) is 18.3. The van der Waals surface area contributed by atoms with Crippen LogP contribution in [0.3, 0.4) is 0 Å². The molecule has 3 rings (SSSR count). The zero-order valence-electron chi connectivity index (χ0n) is 24.3.